The van der Waals surface area contributed by atoms with Crippen molar-refractivity contribution in [2.24, 2.45) is 0 Å². The van der Waals surface area contributed by atoms with Gasteiger partial charge in [0.05, 0.1) is 68.7 Å². The Morgan fingerprint density at radius 1 is 0.453 bits per heavy atom. The van der Waals surface area contributed by atoms with E-state index < -0.39 is 0 Å². The van der Waals surface area contributed by atoms with Crippen LogP contribution < -0.4 is 0 Å². The summed E-state index contributed by atoms with van der Waals surface area (Å²) in [5, 5.41) is 45.6. The van der Waals surface area contributed by atoms with Gasteiger partial charge in [-0.3, -0.25) is 0 Å². The van der Waals surface area contributed by atoms with E-state index >= 15 is 0 Å². The molecule has 2 aromatic heterocycles. The second kappa shape index (κ2) is 12.5. The van der Waals surface area contributed by atoms with Crippen LogP contribution in [-0.2, 0) is 6.42 Å². The van der Waals surface area contributed by atoms with Crippen LogP contribution in [0.2, 0.25) is 0 Å². The Hall–Kier alpha value is -7.90. The summed E-state index contributed by atoms with van der Waals surface area (Å²) in [4.78, 5) is 0. The fraction of sp³-hybridized carbons (Fsp3) is 0.0213. The average Bonchev–Trinajstić information content (AvgIpc) is 3.73. The summed E-state index contributed by atoms with van der Waals surface area (Å²) < 4.78 is 4.22. The van der Waals surface area contributed by atoms with Crippen molar-refractivity contribution < 1.29 is 0 Å². The van der Waals surface area contributed by atoms with Gasteiger partial charge in [-0.2, -0.15) is 21.0 Å². The minimum atomic E-state index is 0.195. The molecule has 0 N–H and O–H groups in total. The SMILES string of the molecule is N#CCc1cc(C#N)cc(-c2ccc(-c3c(C#N)c(-n4c5ccccc5c5ccccc54)cc(C#N)c3-n3c4ccccc4c4ccccc43)cc2)c1. The number of aromatic nitrogens is 2. The van der Waals surface area contributed by atoms with E-state index in [4.69, 9.17) is 0 Å². The molecule has 0 fully saturated rings. The number of hydrogen-bond acceptors (Lipinski definition) is 4. The highest BCUT2D eigenvalue weighted by molar-refractivity contribution is 6.11. The van der Waals surface area contributed by atoms with Gasteiger partial charge in [0.15, 0.2) is 0 Å². The van der Waals surface area contributed by atoms with Crippen molar-refractivity contribution in [3.63, 3.8) is 0 Å². The van der Waals surface area contributed by atoms with Crippen LogP contribution in [0.1, 0.15) is 22.3 Å². The molecule has 6 heteroatoms. The van der Waals surface area contributed by atoms with Gasteiger partial charge in [0.2, 0.25) is 0 Å². The fourth-order valence-electron chi connectivity index (χ4n) is 7.84. The van der Waals surface area contributed by atoms with Crippen molar-refractivity contribution in [1.82, 2.24) is 9.13 Å². The molecule has 0 spiro atoms. The highest BCUT2D eigenvalue weighted by Crippen LogP contribution is 2.43. The smallest absolute Gasteiger partial charge is 0.102 e. The summed E-state index contributed by atoms with van der Waals surface area (Å²) in [5.41, 5.74) is 10.2. The highest BCUT2D eigenvalue weighted by Gasteiger charge is 2.26. The minimum absolute atomic E-state index is 0.195. The largest absolute Gasteiger partial charge is 0.308 e. The summed E-state index contributed by atoms with van der Waals surface area (Å²) in [6, 6.07) is 57.3. The van der Waals surface area contributed by atoms with Gasteiger partial charge < -0.3 is 9.13 Å². The third kappa shape index (κ3) is 4.84. The van der Waals surface area contributed by atoms with Crippen LogP contribution >= 0.6 is 0 Å². The molecular weight excluding hydrogens is 649 g/mol. The molecule has 0 saturated carbocycles. The topological polar surface area (TPSA) is 105 Å². The van der Waals surface area contributed by atoms with Gasteiger partial charge in [-0.05, 0) is 64.7 Å². The molecule has 0 atom stereocenters. The predicted octanol–water partition coefficient (Wildman–Crippen LogP) is 10.9. The average molecular weight is 675 g/mol. The van der Waals surface area contributed by atoms with E-state index in [1.54, 1.807) is 6.07 Å². The Labute approximate surface area is 305 Å². The molecule has 9 rings (SSSR count). The Morgan fingerprint density at radius 3 is 1.45 bits per heavy atom. The Kier molecular flexibility index (Phi) is 7.31. The van der Waals surface area contributed by atoms with E-state index in [1.165, 1.54) is 0 Å². The third-order valence-corrected chi connectivity index (χ3v) is 10.0. The van der Waals surface area contributed by atoms with E-state index in [9.17, 15) is 21.0 Å². The predicted molar refractivity (Wildman–Crippen MR) is 209 cm³/mol. The number of nitriles is 4. The van der Waals surface area contributed by atoms with Gasteiger partial charge in [-0.1, -0.05) is 103 Å². The fourth-order valence-corrected chi connectivity index (χ4v) is 7.84. The normalized spacial score (nSPS) is 11.0. The number of rotatable bonds is 5. The van der Waals surface area contributed by atoms with Crippen LogP contribution in [0.3, 0.4) is 0 Å². The molecule has 0 radical (unpaired) electrons. The van der Waals surface area contributed by atoms with Gasteiger partial charge in [0, 0.05) is 27.1 Å². The standard InChI is InChI=1S/C47H26N6/c48-22-21-30-23-31(27-49)25-34(24-30)32-17-19-33(20-18-32)46-40(29-51)45(52-41-13-5-1-9-36(41)37-10-2-6-14-42(37)52)26-35(28-50)47(46)53-43-15-7-3-11-38(43)39-12-4-8-16-44(39)53/h1-20,23-26H,21H2. The molecule has 0 bridgehead atoms. The molecule has 7 aromatic carbocycles. The third-order valence-electron chi connectivity index (χ3n) is 10.0. The van der Waals surface area contributed by atoms with E-state index in [0.717, 1.165) is 65.9 Å². The molecule has 0 aliphatic carbocycles. The monoisotopic (exact) mass is 674 g/mol. The Bertz CT molecular complexity index is 3030. The molecular formula is C47H26N6. The molecule has 0 amide bonds. The van der Waals surface area contributed by atoms with Gasteiger partial charge in [-0.15, -0.1) is 0 Å². The van der Waals surface area contributed by atoms with Crippen molar-refractivity contribution in [2.75, 3.05) is 0 Å². The zero-order valence-electron chi connectivity index (χ0n) is 28.2. The summed E-state index contributed by atoms with van der Waals surface area (Å²) in [5.74, 6) is 0. The Balaban J connectivity index is 1.40. The summed E-state index contributed by atoms with van der Waals surface area (Å²) >= 11 is 0. The van der Waals surface area contributed by atoms with Crippen LogP contribution in [0.25, 0.3) is 77.2 Å². The van der Waals surface area contributed by atoms with Crippen LogP contribution in [0.4, 0.5) is 0 Å². The zero-order chi connectivity index (χ0) is 36.1. The highest BCUT2D eigenvalue weighted by atomic mass is 15.0. The lowest BCUT2D eigenvalue weighted by Gasteiger charge is -2.21. The number of hydrogen-bond donors (Lipinski definition) is 0. The Morgan fingerprint density at radius 2 is 0.962 bits per heavy atom. The van der Waals surface area contributed by atoms with Crippen LogP contribution in [0.5, 0.6) is 0 Å². The van der Waals surface area contributed by atoms with Gasteiger partial charge >= 0.3 is 0 Å². The number of benzene rings is 7. The van der Waals surface area contributed by atoms with Crippen LogP contribution in [-0.4, -0.2) is 9.13 Å². The lowest BCUT2D eigenvalue weighted by molar-refractivity contribution is 1.13. The van der Waals surface area contributed by atoms with E-state index in [1.807, 2.05) is 103 Å². The van der Waals surface area contributed by atoms with Gasteiger partial charge in [0.1, 0.15) is 12.1 Å². The maximum absolute atomic E-state index is 11.3. The summed E-state index contributed by atoms with van der Waals surface area (Å²) in [6.45, 7) is 0. The molecule has 9 aromatic rings. The number of nitrogens with zero attached hydrogens (tertiary/aromatic N) is 6. The van der Waals surface area contributed by atoms with Gasteiger partial charge in [-0.25, -0.2) is 0 Å². The van der Waals surface area contributed by atoms with E-state index in [0.29, 0.717) is 33.6 Å². The van der Waals surface area contributed by atoms with Crippen LogP contribution in [0, 0.1) is 45.3 Å². The minimum Gasteiger partial charge on any atom is -0.308 e. The second-order valence-corrected chi connectivity index (χ2v) is 12.9. The first kappa shape index (κ1) is 31.1. The molecule has 0 aliphatic rings. The molecule has 0 aliphatic heterocycles. The first-order valence-corrected chi connectivity index (χ1v) is 17.1. The molecule has 0 saturated heterocycles. The van der Waals surface area contributed by atoms with Crippen molar-refractivity contribution in [1.29, 1.82) is 21.0 Å². The number of para-hydroxylation sites is 4. The van der Waals surface area contributed by atoms with Crippen molar-refractivity contribution in [3.05, 3.63) is 168 Å². The zero-order valence-corrected chi connectivity index (χ0v) is 28.2. The first-order chi connectivity index (χ1) is 26.1. The quantitative estimate of drug-likeness (QED) is 0.181. The first-order valence-electron chi connectivity index (χ1n) is 17.1. The van der Waals surface area contributed by atoms with Crippen LogP contribution in [0.15, 0.2) is 146 Å². The van der Waals surface area contributed by atoms with E-state index in [-0.39, 0.29) is 6.42 Å². The molecule has 244 valence electrons. The maximum atomic E-state index is 11.3. The molecule has 0 unspecified atom stereocenters. The van der Waals surface area contributed by atoms with Crippen molar-refractivity contribution in [3.8, 4) is 57.9 Å². The second-order valence-electron chi connectivity index (χ2n) is 12.9. The summed E-state index contributed by atoms with van der Waals surface area (Å²) in [6.07, 6.45) is 0.195. The lowest BCUT2D eigenvalue weighted by Crippen LogP contribution is -2.08. The maximum Gasteiger partial charge on any atom is 0.102 e. The summed E-state index contributed by atoms with van der Waals surface area (Å²) in [7, 11) is 0. The number of fused-ring (bicyclic) bond motifs is 6. The van der Waals surface area contributed by atoms with E-state index in [2.05, 4.69) is 69.8 Å². The molecule has 53 heavy (non-hydrogen) atoms. The van der Waals surface area contributed by atoms with Crippen molar-refractivity contribution in [2.45, 2.75) is 6.42 Å². The van der Waals surface area contributed by atoms with Gasteiger partial charge in [0.25, 0.3) is 0 Å². The van der Waals surface area contributed by atoms with Crippen molar-refractivity contribution >= 4 is 43.6 Å². The lowest BCUT2D eigenvalue weighted by atomic mass is 9.91. The molecule has 6 nitrogen and oxygen atoms in total. The molecule has 2 heterocycles.